The summed E-state index contributed by atoms with van der Waals surface area (Å²) in [5, 5.41) is 0. The van der Waals surface area contributed by atoms with Gasteiger partial charge in [-0.05, 0) is 95.5 Å². The van der Waals surface area contributed by atoms with E-state index < -0.39 is 0 Å². The lowest BCUT2D eigenvalue weighted by atomic mass is 9.81. The number of nitrogens with zero attached hydrogens (tertiary/aromatic N) is 2. The average Bonchev–Trinajstić information content (AvgIpc) is 3.05. The molecule has 0 unspecified atom stereocenters. The molecule has 0 spiro atoms. The van der Waals surface area contributed by atoms with Gasteiger partial charge in [0.15, 0.2) is 6.29 Å². The third-order valence-corrected chi connectivity index (χ3v) is 8.42. The van der Waals surface area contributed by atoms with E-state index in [2.05, 4.69) is 71.6 Å². The van der Waals surface area contributed by atoms with Crippen molar-refractivity contribution in [3.63, 3.8) is 0 Å². The lowest BCUT2D eigenvalue weighted by molar-refractivity contribution is -0.141. The van der Waals surface area contributed by atoms with Crippen molar-refractivity contribution in [1.29, 1.82) is 0 Å². The molecule has 0 atom stereocenters. The number of fused-ring (bicyclic) bond motifs is 1. The molecule has 2 heterocycles. The topological polar surface area (TPSA) is 43.8 Å². The number of rotatable bonds is 9. The molecule has 0 N–H and O–H groups in total. The predicted octanol–water partition coefficient (Wildman–Crippen LogP) is 7.40. The fourth-order valence-electron chi connectivity index (χ4n) is 6.28. The lowest BCUT2D eigenvalue weighted by Gasteiger charge is -2.36. The number of aromatic nitrogens is 1. The minimum absolute atomic E-state index is 0.118. The zero-order valence-corrected chi connectivity index (χ0v) is 24.0. The Morgan fingerprint density at radius 3 is 2.29 bits per heavy atom. The number of methoxy groups -OCH3 is 2. The van der Waals surface area contributed by atoms with Crippen LogP contribution in [0.15, 0.2) is 97.2 Å². The molecule has 1 aliphatic carbocycles. The van der Waals surface area contributed by atoms with E-state index in [0.717, 1.165) is 50.2 Å². The zero-order chi connectivity index (χ0) is 28.0. The quantitative estimate of drug-likeness (QED) is 0.205. The second-order valence-electron chi connectivity index (χ2n) is 10.9. The van der Waals surface area contributed by atoms with Crippen molar-refractivity contribution in [2.24, 2.45) is 5.92 Å². The van der Waals surface area contributed by atoms with Gasteiger partial charge in [0.25, 0.3) is 0 Å². The van der Waals surface area contributed by atoms with Crippen LogP contribution in [0, 0.1) is 5.92 Å². The van der Waals surface area contributed by atoms with E-state index in [9.17, 15) is 0 Å². The Bertz CT molecular complexity index is 1460. The maximum atomic E-state index is 6.18. The molecule has 210 valence electrons. The average molecular weight is 547 g/mol. The molecule has 41 heavy (non-hydrogen) atoms. The third kappa shape index (κ3) is 6.07. The molecule has 1 fully saturated rings. The van der Waals surface area contributed by atoms with Gasteiger partial charge in [0.05, 0.1) is 5.69 Å². The molecule has 0 saturated carbocycles. The van der Waals surface area contributed by atoms with Gasteiger partial charge in [-0.2, -0.15) is 0 Å². The van der Waals surface area contributed by atoms with Gasteiger partial charge in [-0.3, -0.25) is 4.98 Å². The summed E-state index contributed by atoms with van der Waals surface area (Å²) in [5.41, 5.74) is 9.87. The van der Waals surface area contributed by atoms with Gasteiger partial charge in [-0.25, -0.2) is 0 Å². The Balaban J connectivity index is 1.27. The van der Waals surface area contributed by atoms with E-state index in [1.165, 1.54) is 39.1 Å². The van der Waals surface area contributed by atoms with Crippen LogP contribution < -0.4 is 9.64 Å². The van der Waals surface area contributed by atoms with E-state index in [1.807, 2.05) is 30.5 Å². The van der Waals surface area contributed by atoms with Crippen molar-refractivity contribution in [3.05, 3.63) is 125 Å². The van der Waals surface area contributed by atoms with Crippen LogP contribution in [0.4, 0.5) is 5.69 Å². The fraction of sp³-hybridized carbons (Fsp3) is 0.306. The summed E-state index contributed by atoms with van der Waals surface area (Å²) in [7, 11) is 3.46. The second kappa shape index (κ2) is 12.7. The molecular formula is C36H38N2O3. The summed E-state index contributed by atoms with van der Waals surface area (Å²) in [6.45, 7) is 2.57. The van der Waals surface area contributed by atoms with E-state index in [0.29, 0.717) is 12.5 Å². The van der Waals surface area contributed by atoms with E-state index in [1.54, 1.807) is 14.2 Å². The van der Waals surface area contributed by atoms with E-state index in [4.69, 9.17) is 19.2 Å². The molecule has 2 aliphatic rings. The van der Waals surface area contributed by atoms with Crippen molar-refractivity contribution in [1.82, 2.24) is 4.98 Å². The Morgan fingerprint density at radius 2 is 1.59 bits per heavy atom. The van der Waals surface area contributed by atoms with Crippen molar-refractivity contribution in [2.45, 2.75) is 38.6 Å². The molecule has 1 aliphatic heterocycles. The summed E-state index contributed by atoms with van der Waals surface area (Å²) >= 11 is 0. The van der Waals surface area contributed by atoms with Gasteiger partial charge in [-0.15, -0.1) is 0 Å². The maximum absolute atomic E-state index is 6.18. The van der Waals surface area contributed by atoms with Crippen molar-refractivity contribution < 1.29 is 14.2 Å². The van der Waals surface area contributed by atoms with Gasteiger partial charge >= 0.3 is 0 Å². The van der Waals surface area contributed by atoms with E-state index >= 15 is 0 Å². The van der Waals surface area contributed by atoms with Gasteiger partial charge in [0.2, 0.25) is 0 Å². The summed E-state index contributed by atoms with van der Waals surface area (Å²) < 4.78 is 17.2. The summed E-state index contributed by atoms with van der Waals surface area (Å²) in [6.07, 6.45) is 5.80. The number of anilines is 1. The standard InChI is InChI=1S/C36H38N2O3/c1-39-36(40-2)28-19-22-38(23-20-28)30-14-11-27(12-15-30)35-32-18-16-31(41-25-26-8-4-3-5-9-26)24-29(32)13-17-33(35)34-10-6-7-21-37-34/h3-12,14-16,18,21,24,28,36H,13,17,19-20,22-23,25H2,1-2H3. The predicted molar refractivity (Wildman–Crippen MR) is 165 cm³/mol. The molecule has 3 aromatic carbocycles. The van der Waals surface area contributed by atoms with Crippen molar-refractivity contribution in [2.75, 3.05) is 32.2 Å². The Kier molecular flexibility index (Phi) is 8.45. The van der Waals surface area contributed by atoms with Crippen LogP contribution in [-0.4, -0.2) is 38.6 Å². The SMILES string of the molecule is COC(OC)C1CCN(c2ccc(C3=C(c4ccccn4)CCc4cc(OCc5ccccc5)ccc43)cc2)CC1. The smallest absolute Gasteiger partial charge is 0.159 e. The molecule has 5 nitrogen and oxygen atoms in total. The molecule has 0 bridgehead atoms. The summed E-state index contributed by atoms with van der Waals surface area (Å²) in [4.78, 5) is 7.22. The van der Waals surface area contributed by atoms with Crippen LogP contribution >= 0.6 is 0 Å². The number of ether oxygens (including phenoxy) is 3. The van der Waals surface area contributed by atoms with E-state index in [-0.39, 0.29) is 6.29 Å². The Labute approximate surface area is 243 Å². The fourth-order valence-corrected chi connectivity index (χ4v) is 6.28. The molecular weight excluding hydrogens is 508 g/mol. The highest BCUT2D eigenvalue weighted by Crippen LogP contribution is 2.42. The van der Waals surface area contributed by atoms with Crippen LogP contribution in [-0.2, 0) is 22.5 Å². The molecule has 1 aromatic heterocycles. The molecule has 6 rings (SSSR count). The Hall–Kier alpha value is -3.93. The molecule has 0 radical (unpaired) electrons. The first-order valence-corrected chi connectivity index (χ1v) is 14.6. The van der Waals surface area contributed by atoms with Crippen LogP contribution in [0.25, 0.3) is 11.1 Å². The molecule has 1 saturated heterocycles. The Morgan fingerprint density at radius 1 is 0.829 bits per heavy atom. The van der Waals surface area contributed by atoms with Gasteiger partial charge in [-0.1, -0.05) is 54.6 Å². The zero-order valence-electron chi connectivity index (χ0n) is 24.0. The van der Waals surface area contributed by atoms with Crippen LogP contribution in [0.3, 0.4) is 0 Å². The summed E-state index contributed by atoms with van der Waals surface area (Å²) in [5.74, 6) is 1.35. The second-order valence-corrected chi connectivity index (χ2v) is 10.9. The van der Waals surface area contributed by atoms with Crippen molar-refractivity contribution >= 4 is 16.8 Å². The first-order valence-electron chi connectivity index (χ1n) is 14.6. The summed E-state index contributed by atoms with van der Waals surface area (Å²) in [6, 6.07) is 32.2. The van der Waals surface area contributed by atoms with Crippen LogP contribution in [0.1, 0.15) is 47.2 Å². The van der Waals surface area contributed by atoms with Gasteiger partial charge < -0.3 is 19.1 Å². The molecule has 5 heteroatoms. The number of hydrogen-bond donors (Lipinski definition) is 0. The van der Waals surface area contributed by atoms with Crippen LogP contribution in [0.5, 0.6) is 5.75 Å². The van der Waals surface area contributed by atoms with Crippen LogP contribution in [0.2, 0.25) is 0 Å². The maximum Gasteiger partial charge on any atom is 0.159 e. The first kappa shape index (κ1) is 27.3. The number of benzene rings is 3. The largest absolute Gasteiger partial charge is 0.489 e. The molecule has 0 amide bonds. The minimum Gasteiger partial charge on any atom is -0.489 e. The highest BCUT2D eigenvalue weighted by atomic mass is 16.7. The monoisotopic (exact) mass is 546 g/mol. The molecule has 4 aromatic rings. The highest BCUT2D eigenvalue weighted by Gasteiger charge is 2.27. The first-order chi connectivity index (χ1) is 20.2. The number of aryl methyl sites for hydroxylation is 1. The third-order valence-electron chi connectivity index (χ3n) is 8.42. The van der Waals surface area contributed by atoms with Gasteiger partial charge in [0.1, 0.15) is 12.4 Å². The minimum atomic E-state index is -0.118. The highest BCUT2D eigenvalue weighted by molar-refractivity contribution is 6.00. The van der Waals surface area contributed by atoms with Gasteiger partial charge in [0, 0.05) is 45.1 Å². The number of piperidine rings is 1. The van der Waals surface area contributed by atoms with Crippen molar-refractivity contribution in [3.8, 4) is 5.75 Å². The number of pyridine rings is 1. The normalized spacial score (nSPS) is 15.7. The number of hydrogen-bond acceptors (Lipinski definition) is 5. The number of allylic oxidation sites excluding steroid dienone is 1. The lowest BCUT2D eigenvalue weighted by Crippen LogP contribution is -2.39.